The standard InChI is InChI=1S/C10H8N2O.C3H3Br/c1-2-5-13-10-4-3-9(12)6-8(10)7-11;1-2-3-4/h1,3-4,6H,5,12H2;1H,3H2. The molecule has 1 rings (SSSR count). The summed E-state index contributed by atoms with van der Waals surface area (Å²) in [4.78, 5) is 0. The first-order valence-corrected chi connectivity index (χ1v) is 5.67. The van der Waals surface area contributed by atoms with E-state index in [1.807, 2.05) is 6.07 Å². The van der Waals surface area contributed by atoms with Crippen LogP contribution < -0.4 is 10.5 Å². The van der Waals surface area contributed by atoms with Crippen molar-refractivity contribution in [2.24, 2.45) is 0 Å². The fourth-order valence-electron chi connectivity index (χ4n) is 0.880. The van der Waals surface area contributed by atoms with Crippen LogP contribution >= 0.6 is 15.9 Å². The minimum Gasteiger partial charge on any atom is -0.480 e. The van der Waals surface area contributed by atoms with Gasteiger partial charge in [-0.3, -0.25) is 0 Å². The lowest BCUT2D eigenvalue weighted by molar-refractivity contribution is 0.369. The molecule has 1 aromatic rings. The van der Waals surface area contributed by atoms with Crippen LogP contribution in [-0.2, 0) is 0 Å². The number of nitrogens with zero attached hydrogens (tertiary/aromatic N) is 1. The van der Waals surface area contributed by atoms with E-state index in [4.69, 9.17) is 28.6 Å². The predicted octanol–water partition coefficient (Wildman–Crippen LogP) is 2.17. The van der Waals surface area contributed by atoms with Gasteiger partial charge in [-0.2, -0.15) is 5.26 Å². The minimum atomic E-state index is 0.151. The molecule has 1 aromatic carbocycles. The SMILES string of the molecule is C#CCBr.C#CCOc1ccc(N)cc1C#N. The Morgan fingerprint density at radius 3 is 2.47 bits per heavy atom. The summed E-state index contributed by atoms with van der Waals surface area (Å²) in [5.74, 6) is 5.13. The van der Waals surface area contributed by atoms with E-state index in [9.17, 15) is 0 Å². The average Bonchev–Trinajstić information content (AvgIpc) is 2.37. The largest absolute Gasteiger partial charge is 0.480 e. The number of nitriles is 1. The van der Waals surface area contributed by atoms with E-state index in [0.717, 1.165) is 0 Å². The zero-order valence-corrected chi connectivity index (χ0v) is 10.7. The summed E-state index contributed by atoms with van der Waals surface area (Å²) in [6.45, 7) is 0.151. The number of rotatable bonds is 2. The van der Waals surface area contributed by atoms with Crippen LogP contribution in [0.25, 0.3) is 0 Å². The average molecular weight is 291 g/mol. The van der Waals surface area contributed by atoms with Crippen molar-refractivity contribution in [2.45, 2.75) is 0 Å². The number of ether oxygens (including phenoxy) is 1. The third-order valence-electron chi connectivity index (χ3n) is 1.51. The Kier molecular flexibility index (Phi) is 8.03. The van der Waals surface area contributed by atoms with Crippen LogP contribution in [0, 0.1) is 36.0 Å². The van der Waals surface area contributed by atoms with E-state index < -0.39 is 0 Å². The first-order chi connectivity index (χ1) is 8.19. The predicted molar refractivity (Wildman–Crippen MR) is 72.5 cm³/mol. The second kappa shape index (κ2) is 9.16. The van der Waals surface area contributed by atoms with E-state index in [1.54, 1.807) is 18.2 Å². The molecule has 0 spiro atoms. The van der Waals surface area contributed by atoms with Crippen molar-refractivity contribution < 1.29 is 4.74 Å². The van der Waals surface area contributed by atoms with Gasteiger partial charge in [0, 0.05) is 5.69 Å². The second-order valence-corrected chi connectivity index (χ2v) is 3.26. The van der Waals surface area contributed by atoms with E-state index >= 15 is 0 Å². The molecule has 0 aliphatic carbocycles. The van der Waals surface area contributed by atoms with Gasteiger partial charge in [0.05, 0.1) is 10.9 Å². The van der Waals surface area contributed by atoms with E-state index in [2.05, 4.69) is 27.8 Å². The van der Waals surface area contributed by atoms with Crippen molar-refractivity contribution in [2.75, 3.05) is 17.7 Å². The first-order valence-electron chi connectivity index (χ1n) is 4.54. The van der Waals surface area contributed by atoms with Crippen LogP contribution in [0.15, 0.2) is 18.2 Å². The van der Waals surface area contributed by atoms with Crippen molar-refractivity contribution >= 4 is 21.6 Å². The molecule has 0 radical (unpaired) electrons. The number of alkyl halides is 1. The zero-order chi connectivity index (χ0) is 13.1. The lowest BCUT2D eigenvalue weighted by Gasteiger charge is -2.04. The number of nitrogens with two attached hydrogens (primary N) is 1. The molecule has 0 bridgehead atoms. The van der Waals surface area contributed by atoms with E-state index in [0.29, 0.717) is 22.3 Å². The topological polar surface area (TPSA) is 59.0 Å². The minimum absolute atomic E-state index is 0.151. The van der Waals surface area contributed by atoms with Gasteiger partial charge < -0.3 is 10.5 Å². The normalized spacial score (nSPS) is 7.65. The van der Waals surface area contributed by atoms with Gasteiger partial charge in [0.1, 0.15) is 18.4 Å². The Morgan fingerprint density at radius 1 is 1.35 bits per heavy atom. The molecule has 0 saturated carbocycles. The van der Waals surface area contributed by atoms with Crippen LogP contribution in [0.1, 0.15) is 5.56 Å². The summed E-state index contributed by atoms with van der Waals surface area (Å²) in [5.41, 5.74) is 6.42. The van der Waals surface area contributed by atoms with Crippen LogP contribution in [0.3, 0.4) is 0 Å². The molecule has 2 N–H and O–H groups in total. The quantitative estimate of drug-likeness (QED) is 0.516. The second-order valence-electron chi connectivity index (χ2n) is 2.70. The Labute approximate surface area is 110 Å². The zero-order valence-electron chi connectivity index (χ0n) is 9.11. The number of terminal acetylenes is 2. The fourth-order valence-corrected chi connectivity index (χ4v) is 0.880. The van der Waals surface area contributed by atoms with Crippen LogP contribution in [-0.4, -0.2) is 11.9 Å². The van der Waals surface area contributed by atoms with Crippen molar-refractivity contribution in [3.8, 4) is 36.5 Å². The molecule has 0 aliphatic heterocycles. The molecule has 0 aromatic heterocycles. The number of benzene rings is 1. The van der Waals surface area contributed by atoms with Crippen LogP contribution in [0.2, 0.25) is 0 Å². The molecule has 0 fully saturated rings. The van der Waals surface area contributed by atoms with Gasteiger partial charge in [0.2, 0.25) is 0 Å². The van der Waals surface area contributed by atoms with Crippen LogP contribution in [0.5, 0.6) is 5.75 Å². The lowest BCUT2D eigenvalue weighted by atomic mass is 10.2. The summed E-state index contributed by atoms with van der Waals surface area (Å²) in [6.07, 6.45) is 9.75. The van der Waals surface area contributed by atoms with Crippen molar-refractivity contribution in [1.29, 1.82) is 5.26 Å². The molecule has 0 saturated heterocycles. The molecule has 4 heteroatoms. The molecule has 0 heterocycles. The number of anilines is 1. The highest BCUT2D eigenvalue weighted by Gasteiger charge is 2.01. The Bertz CT molecular complexity index is 478. The van der Waals surface area contributed by atoms with E-state index in [1.165, 1.54) is 0 Å². The summed E-state index contributed by atoms with van der Waals surface area (Å²) in [5, 5.41) is 9.36. The van der Waals surface area contributed by atoms with Gasteiger partial charge in [-0.25, -0.2) is 0 Å². The Hall–Kier alpha value is -2.09. The molecule has 17 heavy (non-hydrogen) atoms. The summed E-state index contributed by atoms with van der Waals surface area (Å²) < 4.78 is 5.12. The number of nitrogen functional groups attached to an aromatic ring is 1. The third kappa shape index (κ3) is 6.15. The third-order valence-corrected chi connectivity index (χ3v) is 1.84. The summed E-state index contributed by atoms with van der Waals surface area (Å²) in [7, 11) is 0. The number of halogens is 1. The molecule has 0 unspecified atom stereocenters. The molecule has 3 nitrogen and oxygen atoms in total. The van der Waals surface area contributed by atoms with Crippen molar-refractivity contribution in [1.82, 2.24) is 0 Å². The van der Waals surface area contributed by atoms with Crippen LogP contribution in [0.4, 0.5) is 5.69 Å². The van der Waals surface area contributed by atoms with Gasteiger partial charge >= 0.3 is 0 Å². The highest BCUT2D eigenvalue weighted by Crippen LogP contribution is 2.19. The van der Waals surface area contributed by atoms with E-state index in [-0.39, 0.29) is 6.61 Å². The number of hydrogen-bond donors (Lipinski definition) is 1. The molecule has 86 valence electrons. The Morgan fingerprint density at radius 2 is 2.00 bits per heavy atom. The summed E-state index contributed by atoms with van der Waals surface area (Å²) in [6, 6.07) is 6.81. The summed E-state index contributed by atoms with van der Waals surface area (Å²) >= 11 is 3.01. The van der Waals surface area contributed by atoms with Gasteiger partial charge in [-0.15, -0.1) is 12.8 Å². The maximum Gasteiger partial charge on any atom is 0.148 e. The maximum atomic E-state index is 8.70. The van der Waals surface area contributed by atoms with Gasteiger partial charge in [0.15, 0.2) is 0 Å². The Balaban J connectivity index is 0.000000557. The highest BCUT2D eigenvalue weighted by molar-refractivity contribution is 9.09. The van der Waals surface area contributed by atoms with Gasteiger partial charge in [-0.05, 0) is 18.2 Å². The molecular weight excluding hydrogens is 280 g/mol. The van der Waals surface area contributed by atoms with Gasteiger partial charge in [0.25, 0.3) is 0 Å². The molecular formula is C13H11BrN2O. The van der Waals surface area contributed by atoms with Gasteiger partial charge in [-0.1, -0.05) is 27.8 Å². The van der Waals surface area contributed by atoms with Crippen molar-refractivity contribution in [3.63, 3.8) is 0 Å². The molecule has 0 amide bonds. The molecule has 0 aliphatic rings. The highest BCUT2D eigenvalue weighted by atomic mass is 79.9. The lowest BCUT2D eigenvalue weighted by Crippen LogP contribution is -1.96. The number of hydrogen-bond acceptors (Lipinski definition) is 3. The first kappa shape index (κ1) is 14.9. The maximum absolute atomic E-state index is 8.70. The van der Waals surface area contributed by atoms with Crippen molar-refractivity contribution in [3.05, 3.63) is 23.8 Å². The smallest absolute Gasteiger partial charge is 0.148 e. The monoisotopic (exact) mass is 290 g/mol. The molecule has 0 atom stereocenters. The fraction of sp³-hybridized carbons (Fsp3) is 0.154.